The van der Waals surface area contributed by atoms with Crippen LogP contribution in [0.5, 0.6) is 17.5 Å². The molecule has 3 rings (SSSR count). The van der Waals surface area contributed by atoms with Crippen molar-refractivity contribution < 1.29 is 162 Å². The molecule has 0 aliphatic carbocycles. The van der Waals surface area contributed by atoms with Crippen LogP contribution in [0.4, 0.5) is 4.79 Å². The van der Waals surface area contributed by atoms with Gasteiger partial charge in [0.15, 0.2) is 11.5 Å². The van der Waals surface area contributed by atoms with E-state index in [-0.39, 0.29) is 138 Å². The first-order chi connectivity index (χ1) is 10.6. The van der Waals surface area contributed by atoms with Crippen LogP contribution in [0.15, 0.2) is 48.5 Å². The fourth-order valence-electron chi connectivity index (χ4n) is 1.79. The summed E-state index contributed by atoms with van der Waals surface area (Å²) in [6.07, 6.45) is -2.33. The number of fused-ring (bicyclic) bond motifs is 1. The molecule has 0 radical (unpaired) electrons. The van der Waals surface area contributed by atoms with Gasteiger partial charge in [-0.2, -0.15) is 4.98 Å². The zero-order valence-electron chi connectivity index (χ0n) is 13.6. The molecule has 9 heteroatoms. The first-order valence-corrected chi connectivity index (χ1v) is 6.23. The number of ether oxygens (including phenoxy) is 2. The van der Waals surface area contributed by atoms with Crippen LogP contribution < -0.4 is 157 Å². The molecule has 1 N–H and O–H groups in total. The molecule has 0 aliphatic rings. The number of H-pyrrole nitrogens is 1. The van der Waals surface area contributed by atoms with E-state index < -0.39 is 6.16 Å². The Morgan fingerprint density at radius 2 is 1.54 bits per heavy atom. The number of nitrogens with one attached hydrogen (secondary N) is 1. The molecular weight excluding hydrogens is 554 g/mol. The number of benzene rings is 2. The van der Waals surface area contributed by atoms with Gasteiger partial charge in [0.1, 0.15) is 0 Å². The zero-order valence-corrected chi connectivity index (χ0v) is 26.2. The van der Waals surface area contributed by atoms with E-state index in [1.54, 1.807) is 7.11 Å². The van der Waals surface area contributed by atoms with E-state index in [0.29, 0.717) is 17.5 Å². The van der Waals surface area contributed by atoms with Gasteiger partial charge in [-0.3, -0.25) is 0 Å². The minimum atomic E-state index is -2.33. The minimum Gasteiger partial charge on any atom is -0.652 e. The number of aromatic amines is 1. The van der Waals surface area contributed by atoms with Crippen molar-refractivity contribution in [3.05, 3.63) is 48.5 Å². The van der Waals surface area contributed by atoms with E-state index in [4.69, 9.17) is 24.5 Å². The summed E-state index contributed by atoms with van der Waals surface area (Å²) in [5.74, 6) is 1.32. The smallest absolute Gasteiger partial charge is 0.652 e. The van der Waals surface area contributed by atoms with Gasteiger partial charge >= 0.3 is 138 Å². The topological polar surface area (TPSA) is 110 Å². The Morgan fingerprint density at radius 3 is 2.12 bits per heavy atom. The van der Waals surface area contributed by atoms with Gasteiger partial charge < -0.3 is 29.5 Å². The number of hydrogen-bond donors (Lipinski definition) is 1. The molecule has 0 atom stereocenters. The Labute approximate surface area is 256 Å². The Bertz CT molecular complexity index is 742. The summed E-state index contributed by atoms with van der Waals surface area (Å²) in [6, 6.07) is 15.7. The van der Waals surface area contributed by atoms with Crippen molar-refractivity contribution in [1.29, 1.82) is 0 Å². The molecule has 7 nitrogen and oxygen atoms in total. The van der Waals surface area contributed by atoms with Crippen molar-refractivity contribution in [3.8, 4) is 17.5 Å². The van der Waals surface area contributed by atoms with E-state index >= 15 is 0 Å². The minimum absolute atomic E-state index is 0. The number of carboxylic acid groups (broad SMARTS) is 2. The molecule has 1 heterocycles. The summed E-state index contributed by atoms with van der Waals surface area (Å²) in [4.78, 5) is 15.8. The van der Waals surface area contributed by atoms with Crippen LogP contribution in [0.2, 0.25) is 0 Å². The van der Waals surface area contributed by atoms with Gasteiger partial charge in [-0.1, -0.05) is 24.3 Å². The third-order valence-electron chi connectivity index (χ3n) is 2.64. The number of para-hydroxylation sites is 4. The van der Waals surface area contributed by atoms with Crippen molar-refractivity contribution >= 4 is 17.2 Å². The Balaban J connectivity index is 0.000000801. The number of carbonyl (C=O) groups is 1. The second-order valence-electron chi connectivity index (χ2n) is 4.06. The first kappa shape index (κ1) is 24.9. The summed E-state index contributed by atoms with van der Waals surface area (Å²) in [6.45, 7) is 0. The SMILES string of the molecule is COc1ccccc1Oc1nc2ccccc2[nH]1.O=C([O-])[O-].[Cs+].[Cs+]. The molecule has 24 heavy (non-hydrogen) atoms. The number of rotatable bonds is 3. The monoisotopic (exact) mass is 566 g/mol. The molecule has 114 valence electrons. The van der Waals surface area contributed by atoms with Gasteiger partial charge in [-0.15, -0.1) is 0 Å². The molecule has 0 fully saturated rings. The second kappa shape index (κ2) is 13.1. The van der Waals surface area contributed by atoms with E-state index in [0.717, 1.165) is 11.0 Å². The number of hydrogen-bond acceptors (Lipinski definition) is 6. The molecule has 0 unspecified atom stereocenters. The maximum atomic E-state index is 8.33. The normalized spacial score (nSPS) is 8.88. The van der Waals surface area contributed by atoms with Crippen molar-refractivity contribution in [2.24, 2.45) is 0 Å². The number of methoxy groups -OCH3 is 1. The molecule has 0 saturated heterocycles. The summed E-state index contributed by atoms with van der Waals surface area (Å²) < 4.78 is 10.9. The number of carbonyl (C=O) groups excluding carboxylic acids is 1. The Morgan fingerprint density at radius 1 is 1.00 bits per heavy atom. The summed E-state index contributed by atoms with van der Waals surface area (Å²) in [5, 5.41) is 16.7. The van der Waals surface area contributed by atoms with E-state index in [1.165, 1.54) is 0 Å². The largest absolute Gasteiger partial charge is 1.00 e. The first-order valence-electron chi connectivity index (χ1n) is 6.23. The van der Waals surface area contributed by atoms with Gasteiger partial charge in [0.2, 0.25) is 0 Å². The number of nitrogens with zero attached hydrogens (tertiary/aromatic N) is 1. The Kier molecular flexibility index (Phi) is 13.6. The van der Waals surface area contributed by atoms with Crippen LogP contribution >= 0.6 is 0 Å². The zero-order chi connectivity index (χ0) is 15.9. The molecule has 0 amide bonds. The van der Waals surface area contributed by atoms with Crippen molar-refractivity contribution in [2.45, 2.75) is 0 Å². The van der Waals surface area contributed by atoms with Crippen LogP contribution in [-0.4, -0.2) is 23.2 Å². The molecule has 1 aromatic heterocycles. The number of imidazole rings is 1. The van der Waals surface area contributed by atoms with Crippen LogP contribution in [0.1, 0.15) is 0 Å². The van der Waals surface area contributed by atoms with Crippen LogP contribution in [-0.2, 0) is 0 Å². The van der Waals surface area contributed by atoms with Crippen LogP contribution in [0.25, 0.3) is 11.0 Å². The third-order valence-corrected chi connectivity index (χ3v) is 2.64. The fraction of sp³-hybridized carbons (Fsp3) is 0.0667. The molecular formula is C15H12Cs2N2O5. The maximum Gasteiger partial charge on any atom is 1.00 e. The van der Waals surface area contributed by atoms with Crippen molar-refractivity contribution in [1.82, 2.24) is 9.97 Å². The van der Waals surface area contributed by atoms with Gasteiger partial charge in [-0.25, -0.2) is 0 Å². The predicted octanol–water partition coefficient (Wildman–Crippen LogP) is -5.08. The maximum absolute atomic E-state index is 8.33. The van der Waals surface area contributed by atoms with Crippen LogP contribution in [0.3, 0.4) is 0 Å². The molecule has 0 saturated carbocycles. The third kappa shape index (κ3) is 8.06. The van der Waals surface area contributed by atoms with Gasteiger partial charge in [0, 0.05) is 0 Å². The van der Waals surface area contributed by atoms with Crippen molar-refractivity contribution in [2.75, 3.05) is 7.11 Å². The van der Waals surface area contributed by atoms with Gasteiger partial charge in [0.05, 0.1) is 18.1 Å². The predicted molar refractivity (Wildman–Crippen MR) is 74.6 cm³/mol. The quantitative estimate of drug-likeness (QED) is 0.340. The summed E-state index contributed by atoms with van der Waals surface area (Å²) in [5.41, 5.74) is 1.82. The van der Waals surface area contributed by atoms with E-state index in [2.05, 4.69) is 9.97 Å². The fourth-order valence-corrected chi connectivity index (χ4v) is 1.79. The number of aromatic nitrogens is 2. The van der Waals surface area contributed by atoms with Gasteiger partial charge in [-0.05, 0) is 30.4 Å². The molecule has 3 aromatic rings. The average Bonchev–Trinajstić information content (AvgIpc) is 2.89. The Hall–Kier alpha value is 0.884. The van der Waals surface area contributed by atoms with E-state index in [1.807, 2.05) is 48.5 Å². The summed E-state index contributed by atoms with van der Waals surface area (Å²) >= 11 is 0. The van der Waals surface area contributed by atoms with Crippen LogP contribution in [0, 0.1) is 0 Å². The average molecular weight is 566 g/mol. The molecule has 2 aromatic carbocycles. The summed E-state index contributed by atoms with van der Waals surface area (Å²) in [7, 11) is 1.61. The van der Waals surface area contributed by atoms with Gasteiger partial charge in [0.25, 0.3) is 6.01 Å². The van der Waals surface area contributed by atoms with Crippen molar-refractivity contribution in [3.63, 3.8) is 0 Å². The molecule has 0 bridgehead atoms. The molecule has 0 aliphatic heterocycles. The van der Waals surface area contributed by atoms with E-state index in [9.17, 15) is 0 Å². The second-order valence-corrected chi connectivity index (χ2v) is 4.06. The standard InChI is InChI=1S/C14H12N2O2.CH2O3.2Cs/c1-17-12-8-4-5-9-13(12)18-14-15-10-6-2-3-7-11(10)16-14;2-1(3)4;;/h2-9H,1H3,(H,15,16);(H2,2,3,4);;/q;;2*+1/p-2. The molecule has 0 spiro atoms.